The van der Waals surface area contributed by atoms with Gasteiger partial charge in [0.2, 0.25) is 0 Å². The van der Waals surface area contributed by atoms with Gasteiger partial charge in [0, 0.05) is 13.2 Å². The highest BCUT2D eigenvalue weighted by atomic mass is 16.5. The minimum atomic E-state index is -0.127. The molecule has 0 unspecified atom stereocenters. The first-order valence-electron chi connectivity index (χ1n) is 7.89. The number of nitrogens with two attached hydrogens (primary N) is 1. The van der Waals surface area contributed by atoms with Gasteiger partial charge in [-0.05, 0) is 57.9 Å². The zero-order valence-corrected chi connectivity index (χ0v) is 15.0. The zero-order valence-electron chi connectivity index (χ0n) is 15.0. The maximum absolute atomic E-state index is 6.07. The van der Waals surface area contributed by atoms with E-state index in [1.807, 2.05) is 0 Å². The van der Waals surface area contributed by atoms with Crippen molar-refractivity contribution in [1.82, 2.24) is 0 Å². The molecule has 0 spiro atoms. The molecule has 0 saturated carbocycles. The van der Waals surface area contributed by atoms with E-state index in [2.05, 4.69) is 55.4 Å². The molecule has 0 aromatic rings. The molecule has 122 valence electrons. The minimum absolute atomic E-state index is 0.126. The number of hydrogen-bond donors (Lipinski definition) is 1. The van der Waals surface area contributed by atoms with Gasteiger partial charge in [-0.25, -0.2) is 0 Å². The van der Waals surface area contributed by atoms with E-state index < -0.39 is 0 Å². The fourth-order valence-electron chi connectivity index (χ4n) is 1.81. The largest absolute Gasteiger partial charge is 0.379 e. The highest BCUT2D eigenvalue weighted by Gasteiger charge is 2.35. The molecule has 20 heavy (non-hydrogen) atoms. The lowest BCUT2D eigenvalue weighted by Gasteiger charge is -2.41. The van der Waals surface area contributed by atoms with E-state index >= 15 is 0 Å². The second-order valence-electron chi connectivity index (χ2n) is 8.00. The first-order chi connectivity index (χ1) is 8.93. The van der Waals surface area contributed by atoms with E-state index in [0.29, 0.717) is 6.54 Å². The first-order valence-corrected chi connectivity index (χ1v) is 7.89. The van der Waals surface area contributed by atoms with Gasteiger partial charge in [0.15, 0.2) is 0 Å². The summed E-state index contributed by atoms with van der Waals surface area (Å²) in [6, 6.07) is 0. The summed E-state index contributed by atoms with van der Waals surface area (Å²) in [5, 5.41) is 0. The molecule has 0 bridgehead atoms. The summed E-state index contributed by atoms with van der Waals surface area (Å²) >= 11 is 0. The van der Waals surface area contributed by atoms with Crippen molar-refractivity contribution in [3.63, 3.8) is 0 Å². The van der Waals surface area contributed by atoms with Crippen LogP contribution in [-0.2, 0) is 9.47 Å². The van der Waals surface area contributed by atoms with Crippen LogP contribution in [0.3, 0.4) is 0 Å². The van der Waals surface area contributed by atoms with Gasteiger partial charge in [-0.3, -0.25) is 0 Å². The lowest BCUT2D eigenvalue weighted by molar-refractivity contribution is -0.0630. The summed E-state index contributed by atoms with van der Waals surface area (Å²) in [5.74, 6) is 0. The summed E-state index contributed by atoms with van der Waals surface area (Å²) in [6.07, 6.45) is 2.23. The summed E-state index contributed by atoms with van der Waals surface area (Å²) < 4.78 is 11.7. The van der Waals surface area contributed by atoms with Crippen LogP contribution in [0.5, 0.6) is 0 Å². The highest BCUT2D eigenvalue weighted by molar-refractivity contribution is 4.86. The molecule has 0 rings (SSSR count). The maximum Gasteiger partial charge on any atom is 0.0648 e. The van der Waals surface area contributed by atoms with Crippen molar-refractivity contribution in [2.75, 3.05) is 19.8 Å². The molecule has 0 heterocycles. The third-order valence-electron chi connectivity index (χ3n) is 4.72. The molecule has 0 saturated heterocycles. The second-order valence-corrected chi connectivity index (χ2v) is 8.00. The Morgan fingerprint density at radius 1 is 0.850 bits per heavy atom. The average Bonchev–Trinajstić information content (AvgIpc) is 2.27. The minimum Gasteiger partial charge on any atom is -0.379 e. The molecule has 0 radical (unpaired) electrons. The van der Waals surface area contributed by atoms with E-state index in [4.69, 9.17) is 15.2 Å². The van der Waals surface area contributed by atoms with Gasteiger partial charge in [0.25, 0.3) is 0 Å². The Kier molecular flexibility index (Phi) is 7.72. The lowest BCUT2D eigenvalue weighted by Crippen LogP contribution is -2.40. The van der Waals surface area contributed by atoms with Crippen LogP contribution in [0.2, 0.25) is 0 Å². The SMILES string of the molecule is CC(C)OCCC(C)(C)OCCC(C)(C)C(C)(C)CN. The first kappa shape index (κ1) is 19.9. The lowest BCUT2D eigenvalue weighted by atomic mass is 9.66. The summed E-state index contributed by atoms with van der Waals surface area (Å²) in [4.78, 5) is 0. The molecule has 0 atom stereocenters. The van der Waals surface area contributed by atoms with Crippen molar-refractivity contribution >= 4 is 0 Å². The van der Waals surface area contributed by atoms with Gasteiger partial charge in [-0.1, -0.05) is 27.7 Å². The van der Waals surface area contributed by atoms with Crippen LogP contribution in [0.1, 0.15) is 68.2 Å². The topological polar surface area (TPSA) is 44.5 Å². The van der Waals surface area contributed by atoms with E-state index in [-0.39, 0.29) is 22.5 Å². The quantitative estimate of drug-likeness (QED) is 0.660. The van der Waals surface area contributed by atoms with E-state index in [1.165, 1.54) is 0 Å². The van der Waals surface area contributed by atoms with Crippen LogP contribution in [-0.4, -0.2) is 31.5 Å². The molecule has 3 heteroatoms. The predicted octanol–water partition coefficient (Wildman–Crippen LogP) is 4.00. The molecule has 0 amide bonds. The molecule has 0 aliphatic rings. The Bertz CT molecular complexity index is 270. The van der Waals surface area contributed by atoms with Gasteiger partial charge in [-0.15, -0.1) is 0 Å². The van der Waals surface area contributed by atoms with Crippen molar-refractivity contribution in [2.45, 2.75) is 79.9 Å². The molecule has 2 N–H and O–H groups in total. The fourth-order valence-corrected chi connectivity index (χ4v) is 1.81. The fraction of sp³-hybridized carbons (Fsp3) is 1.00. The van der Waals surface area contributed by atoms with Crippen molar-refractivity contribution in [2.24, 2.45) is 16.6 Å². The van der Waals surface area contributed by atoms with Crippen molar-refractivity contribution < 1.29 is 9.47 Å². The summed E-state index contributed by atoms with van der Waals surface area (Å²) in [7, 11) is 0. The molecule has 0 fully saturated rings. The molecule has 3 nitrogen and oxygen atoms in total. The van der Waals surface area contributed by atoms with Gasteiger partial charge < -0.3 is 15.2 Å². The Balaban J connectivity index is 4.15. The molecular formula is C17H37NO2. The molecule has 0 aliphatic carbocycles. The van der Waals surface area contributed by atoms with E-state index in [9.17, 15) is 0 Å². The normalized spacial score (nSPS) is 14.1. The van der Waals surface area contributed by atoms with Crippen LogP contribution >= 0.6 is 0 Å². The molecule has 0 aromatic carbocycles. The Morgan fingerprint density at radius 3 is 1.85 bits per heavy atom. The average molecular weight is 287 g/mol. The van der Waals surface area contributed by atoms with Crippen molar-refractivity contribution in [3.8, 4) is 0 Å². The molecule has 0 aliphatic heterocycles. The zero-order chi connectivity index (χ0) is 16.0. The van der Waals surface area contributed by atoms with Crippen LogP contribution < -0.4 is 5.73 Å². The number of hydrogen-bond acceptors (Lipinski definition) is 3. The van der Waals surface area contributed by atoms with Gasteiger partial charge in [-0.2, -0.15) is 0 Å². The molecular weight excluding hydrogens is 250 g/mol. The Hall–Kier alpha value is -0.120. The monoisotopic (exact) mass is 287 g/mol. The maximum atomic E-state index is 6.07. The van der Waals surface area contributed by atoms with Crippen LogP contribution in [0.15, 0.2) is 0 Å². The van der Waals surface area contributed by atoms with Gasteiger partial charge >= 0.3 is 0 Å². The van der Waals surface area contributed by atoms with Gasteiger partial charge in [0.1, 0.15) is 0 Å². The van der Waals surface area contributed by atoms with E-state index in [0.717, 1.165) is 26.1 Å². The molecule has 0 aromatic heterocycles. The number of ether oxygens (including phenoxy) is 2. The van der Waals surface area contributed by atoms with Gasteiger partial charge in [0.05, 0.1) is 11.7 Å². The second kappa shape index (κ2) is 7.77. The smallest absolute Gasteiger partial charge is 0.0648 e. The summed E-state index contributed by atoms with van der Waals surface area (Å²) in [6.45, 7) is 19.6. The van der Waals surface area contributed by atoms with Crippen molar-refractivity contribution in [3.05, 3.63) is 0 Å². The van der Waals surface area contributed by atoms with Crippen LogP contribution in [0.25, 0.3) is 0 Å². The standard InChI is InChI=1S/C17H37NO2/c1-14(2)19-11-10-17(7,8)20-12-9-15(3,4)16(5,6)13-18/h14H,9-13,18H2,1-8H3. The third kappa shape index (κ3) is 7.05. The number of rotatable bonds is 10. The summed E-state index contributed by atoms with van der Waals surface area (Å²) in [5.41, 5.74) is 6.06. The predicted molar refractivity (Wildman–Crippen MR) is 87.0 cm³/mol. The third-order valence-corrected chi connectivity index (χ3v) is 4.72. The van der Waals surface area contributed by atoms with Crippen molar-refractivity contribution in [1.29, 1.82) is 0 Å². The highest BCUT2D eigenvalue weighted by Crippen LogP contribution is 2.40. The van der Waals surface area contributed by atoms with Crippen LogP contribution in [0, 0.1) is 10.8 Å². The Morgan fingerprint density at radius 2 is 1.40 bits per heavy atom. The Labute approximate surface area is 126 Å². The van der Waals surface area contributed by atoms with Crippen LogP contribution in [0.4, 0.5) is 0 Å². The van der Waals surface area contributed by atoms with E-state index in [1.54, 1.807) is 0 Å².